The van der Waals surface area contributed by atoms with Gasteiger partial charge in [-0.3, -0.25) is 9.59 Å². The number of amides is 2. The number of rotatable bonds is 5. The quantitative estimate of drug-likeness (QED) is 0.780. The first-order chi connectivity index (χ1) is 10.5. The molecule has 22 heavy (non-hydrogen) atoms. The minimum absolute atomic E-state index is 0.0179. The zero-order valence-electron chi connectivity index (χ0n) is 13.2. The maximum absolute atomic E-state index is 12.4. The summed E-state index contributed by atoms with van der Waals surface area (Å²) in [5.41, 5.74) is 0.657. The molecule has 122 valence electrons. The van der Waals surface area contributed by atoms with Crippen molar-refractivity contribution < 1.29 is 18.8 Å². The van der Waals surface area contributed by atoms with E-state index in [-0.39, 0.29) is 25.0 Å². The van der Waals surface area contributed by atoms with E-state index in [9.17, 15) is 9.59 Å². The van der Waals surface area contributed by atoms with Crippen molar-refractivity contribution in [1.82, 2.24) is 20.3 Å². The Bertz CT molecular complexity index is 531. The molecule has 1 aliphatic rings. The summed E-state index contributed by atoms with van der Waals surface area (Å²) < 4.78 is 9.84. The molecular formula is C14H22N4O4. The number of likely N-dealkylation sites (N-methyl/N-ethyl adjacent to an activating group) is 1. The van der Waals surface area contributed by atoms with E-state index in [1.165, 1.54) is 7.11 Å². The minimum atomic E-state index is -0.519. The molecule has 1 fully saturated rings. The second-order valence-corrected chi connectivity index (χ2v) is 5.44. The van der Waals surface area contributed by atoms with Gasteiger partial charge in [-0.25, -0.2) is 0 Å². The Labute approximate surface area is 129 Å². The molecule has 2 heterocycles. The Kier molecular flexibility index (Phi) is 5.51. The van der Waals surface area contributed by atoms with Crippen molar-refractivity contribution in [1.29, 1.82) is 0 Å². The minimum Gasteiger partial charge on any atom is -0.375 e. The Morgan fingerprint density at radius 2 is 2.27 bits per heavy atom. The zero-order valence-corrected chi connectivity index (χ0v) is 13.2. The molecule has 2 amide bonds. The fourth-order valence-corrected chi connectivity index (χ4v) is 2.45. The summed E-state index contributed by atoms with van der Waals surface area (Å²) in [7, 11) is 3.40. The molecular weight excluding hydrogens is 288 g/mol. The van der Waals surface area contributed by atoms with Gasteiger partial charge in [0.25, 0.3) is 0 Å². The van der Waals surface area contributed by atoms with Crippen LogP contribution in [0.25, 0.3) is 0 Å². The molecule has 1 saturated heterocycles. The van der Waals surface area contributed by atoms with Gasteiger partial charge in [-0.05, 0) is 14.0 Å². The molecule has 1 aromatic rings. The summed E-state index contributed by atoms with van der Waals surface area (Å²) in [6.45, 7) is 3.80. The Morgan fingerprint density at radius 3 is 2.91 bits per heavy atom. The van der Waals surface area contributed by atoms with Gasteiger partial charge in [0, 0.05) is 32.8 Å². The summed E-state index contributed by atoms with van der Waals surface area (Å²) in [4.78, 5) is 28.1. The third-order valence-electron chi connectivity index (χ3n) is 3.59. The van der Waals surface area contributed by atoms with E-state index < -0.39 is 6.04 Å². The van der Waals surface area contributed by atoms with Crippen molar-refractivity contribution >= 4 is 11.8 Å². The van der Waals surface area contributed by atoms with Gasteiger partial charge >= 0.3 is 0 Å². The summed E-state index contributed by atoms with van der Waals surface area (Å²) >= 11 is 0. The summed E-state index contributed by atoms with van der Waals surface area (Å²) in [6, 6.07) is 1.25. The van der Waals surface area contributed by atoms with E-state index in [0.29, 0.717) is 24.5 Å². The van der Waals surface area contributed by atoms with E-state index in [4.69, 9.17) is 9.26 Å². The van der Waals surface area contributed by atoms with Gasteiger partial charge in [-0.2, -0.15) is 0 Å². The Hall–Kier alpha value is -1.93. The van der Waals surface area contributed by atoms with Gasteiger partial charge in [-0.1, -0.05) is 5.16 Å². The molecule has 0 aliphatic carbocycles. The first-order valence-electron chi connectivity index (χ1n) is 7.18. The van der Waals surface area contributed by atoms with Crippen molar-refractivity contribution in [2.75, 3.05) is 40.4 Å². The number of hydrogen-bond acceptors (Lipinski definition) is 6. The molecule has 1 N–H and O–H groups in total. The molecule has 0 spiro atoms. The van der Waals surface area contributed by atoms with Gasteiger partial charge in [-0.15, -0.1) is 0 Å². The fraction of sp³-hybridized carbons (Fsp3) is 0.643. The second kappa shape index (κ2) is 7.37. The highest BCUT2D eigenvalue weighted by Crippen LogP contribution is 2.10. The molecule has 1 atom stereocenters. The predicted molar refractivity (Wildman–Crippen MR) is 78.0 cm³/mol. The highest BCUT2D eigenvalue weighted by atomic mass is 16.5. The van der Waals surface area contributed by atoms with Crippen LogP contribution >= 0.6 is 0 Å². The lowest BCUT2D eigenvalue weighted by molar-refractivity contribution is -0.146. The number of carbonyl (C=O) groups is 2. The maximum atomic E-state index is 12.4. The number of aromatic nitrogens is 1. The first kappa shape index (κ1) is 16.4. The number of methoxy groups -OCH3 is 1. The van der Waals surface area contributed by atoms with Crippen LogP contribution in [0.3, 0.4) is 0 Å². The Morgan fingerprint density at radius 1 is 1.50 bits per heavy atom. The molecule has 0 radical (unpaired) electrons. The molecule has 0 aromatic carbocycles. The average Bonchev–Trinajstić information content (AvgIpc) is 2.90. The second-order valence-electron chi connectivity index (χ2n) is 5.44. The van der Waals surface area contributed by atoms with E-state index in [0.717, 1.165) is 6.54 Å². The Balaban J connectivity index is 1.98. The SMILES string of the molecule is COCC(=O)N1CCN(C)C[C@H]1C(=O)NCc1cc(C)on1. The number of carbonyl (C=O) groups excluding carboxylic acids is 2. The molecule has 8 nitrogen and oxygen atoms in total. The standard InChI is InChI=1S/C14H22N4O4/c1-10-6-11(16-22-10)7-15-14(20)12-8-17(2)4-5-18(12)13(19)9-21-3/h6,12H,4-5,7-9H2,1-3H3,(H,15,20)/t12-/m0/s1. The fourth-order valence-electron chi connectivity index (χ4n) is 2.45. The number of nitrogens with zero attached hydrogens (tertiary/aromatic N) is 3. The largest absolute Gasteiger partial charge is 0.375 e. The summed E-state index contributed by atoms with van der Waals surface area (Å²) in [5.74, 6) is 0.322. The highest BCUT2D eigenvalue weighted by Gasteiger charge is 2.33. The zero-order chi connectivity index (χ0) is 16.1. The predicted octanol–water partition coefficient (Wildman–Crippen LogP) is -0.612. The van der Waals surface area contributed by atoms with Crippen LogP contribution in [0, 0.1) is 6.92 Å². The molecule has 1 aliphatic heterocycles. The van der Waals surface area contributed by atoms with Crippen molar-refractivity contribution in [3.8, 4) is 0 Å². The highest BCUT2D eigenvalue weighted by molar-refractivity contribution is 5.88. The van der Waals surface area contributed by atoms with Crippen molar-refractivity contribution in [2.45, 2.75) is 19.5 Å². The van der Waals surface area contributed by atoms with Crippen LogP contribution in [0.5, 0.6) is 0 Å². The molecule has 0 unspecified atom stereocenters. The van der Waals surface area contributed by atoms with Gasteiger partial charge < -0.3 is 24.4 Å². The van der Waals surface area contributed by atoms with Crippen LogP contribution < -0.4 is 5.32 Å². The average molecular weight is 310 g/mol. The molecule has 0 bridgehead atoms. The normalized spacial score (nSPS) is 19.2. The third kappa shape index (κ3) is 4.05. The van der Waals surface area contributed by atoms with E-state index in [2.05, 4.69) is 10.5 Å². The van der Waals surface area contributed by atoms with E-state index >= 15 is 0 Å². The van der Waals surface area contributed by atoms with Gasteiger partial charge in [0.1, 0.15) is 24.1 Å². The van der Waals surface area contributed by atoms with Crippen LogP contribution in [-0.4, -0.2) is 73.2 Å². The lowest BCUT2D eigenvalue weighted by atomic mass is 10.1. The molecule has 8 heteroatoms. The summed E-state index contributed by atoms with van der Waals surface area (Å²) in [6.07, 6.45) is 0. The van der Waals surface area contributed by atoms with Crippen molar-refractivity contribution in [3.05, 3.63) is 17.5 Å². The smallest absolute Gasteiger partial charge is 0.249 e. The number of ether oxygens (including phenoxy) is 1. The van der Waals surface area contributed by atoms with Crippen LogP contribution in [0.2, 0.25) is 0 Å². The first-order valence-corrected chi connectivity index (χ1v) is 7.18. The van der Waals surface area contributed by atoms with Crippen LogP contribution in [0.1, 0.15) is 11.5 Å². The number of nitrogens with one attached hydrogen (secondary N) is 1. The monoisotopic (exact) mass is 310 g/mol. The molecule has 0 saturated carbocycles. The summed E-state index contributed by atoms with van der Waals surface area (Å²) in [5, 5.41) is 6.64. The number of aryl methyl sites for hydroxylation is 1. The lowest BCUT2D eigenvalue weighted by Gasteiger charge is -2.38. The van der Waals surface area contributed by atoms with E-state index in [1.807, 2.05) is 11.9 Å². The van der Waals surface area contributed by atoms with E-state index in [1.54, 1.807) is 17.9 Å². The van der Waals surface area contributed by atoms with Crippen LogP contribution in [-0.2, 0) is 20.9 Å². The van der Waals surface area contributed by atoms with Crippen molar-refractivity contribution in [2.24, 2.45) is 0 Å². The van der Waals surface area contributed by atoms with Crippen LogP contribution in [0.15, 0.2) is 10.6 Å². The lowest BCUT2D eigenvalue weighted by Crippen LogP contribution is -2.60. The maximum Gasteiger partial charge on any atom is 0.249 e. The third-order valence-corrected chi connectivity index (χ3v) is 3.59. The molecule has 2 rings (SSSR count). The molecule has 1 aromatic heterocycles. The topological polar surface area (TPSA) is 87.9 Å². The van der Waals surface area contributed by atoms with Gasteiger partial charge in [0.15, 0.2) is 0 Å². The van der Waals surface area contributed by atoms with Gasteiger partial charge in [0.2, 0.25) is 11.8 Å². The van der Waals surface area contributed by atoms with Gasteiger partial charge in [0.05, 0.1) is 6.54 Å². The number of piperazine rings is 1. The van der Waals surface area contributed by atoms with Crippen molar-refractivity contribution in [3.63, 3.8) is 0 Å². The van der Waals surface area contributed by atoms with Crippen LogP contribution in [0.4, 0.5) is 0 Å². The number of hydrogen-bond donors (Lipinski definition) is 1.